The Hall–Kier alpha value is -0.690. The number of aliphatic hydroxyl groups excluding tert-OH is 1. The Balaban J connectivity index is 0.00000364. The van der Waals surface area contributed by atoms with Gasteiger partial charge < -0.3 is 19.9 Å². The molecule has 2 N–H and O–H groups in total. The van der Waals surface area contributed by atoms with Crippen molar-refractivity contribution in [3.63, 3.8) is 0 Å². The second-order valence-corrected chi connectivity index (χ2v) is 7.54. The number of ether oxygens (including phenoxy) is 2. The molecule has 0 aliphatic carbocycles. The molecule has 0 radical (unpaired) electrons. The molecule has 0 bridgehead atoms. The van der Waals surface area contributed by atoms with Crippen molar-refractivity contribution >= 4 is 51.5 Å². The summed E-state index contributed by atoms with van der Waals surface area (Å²) in [4.78, 5) is 0. The van der Waals surface area contributed by atoms with Crippen molar-refractivity contribution in [1.29, 1.82) is 0 Å². The summed E-state index contributed by atoms with van der Waals surface area (Å²) in [5, 5.41) is 13.7. The van der Waals surface area contributed by atoms with E-state index >= 15 is 0 Å². The first kappa shape index (κ1) is 24.3. The van der Waals surface area contributed by atoms with Gasteiger partial charge in [0.15, 0.2) is 11.5 Å². The minimum atomic E-state index is -0.392. The number of halogens is 4. The second kappa shape index (κ2) is 12.0. The highest BCUT2D eigenvalue weighted by Gasteiger charge is 2.13. The average Bonchev–Trinajstić information content (AvgIpc) is 2.55. The van der Waals surface area contributed by atoms with Gasteiger partial charge in [-0.3, -0.25) is 0 Å². The fourth-order valence-electron chi connectivity index (χ4n) is 2.34. The van der Waals surface area contributed by atoms with Gasteiger partial charge in [-0.25, -0.2) is 0 Å². The summed E-state index contributed by atoms with van der Waals surface area (Å²) in [5.74, 6) is 1.28. The molecule has 0 saturated heterocycles. The molecule has 0 aromatic heterocycles. The van der Waals surface area contributed by atoms with E-state index in [1.54, 1.807) is 19.1 Å². The van der Waals surface area contributed by atoms with Crippen molar-refractivity contribution in [2.75, 3.05) is 13.2 Å². The van der Waals surface area contributed by atoms with Crippen LogP contribution in [0.4, 0.5) is 0 Å². The fourth-order valence-corrected chi connectivity index (χ4v) is 3.41. The summed E-state index contributed by atoms with van der Waals surface area (Å²) in [5.41, 5.74) is 1.87. The van der Waals surface area contributed by atoms with Gasteiger partial charge in [0.1, 0.15) is 6.61 Å². The van der Waals surface area contributed by atoms with E-state index in [4.69, 9.17) is 32.7 Å². The van der Waals surface area contributed by atoms with Crippen LogP contribution in [0, 0.1) is 0 Å². The number of nitrogens with one attached hydrogen (secondary N) is 1. The van der Waals surface area contributed by atoms with Crippen LogP contribution in [0.2, 0.25) is 10.0 Å². The Morgan fingerprint density at radius 1 is 1.19 bits per heavy atom. The Morgan fingerprint density at radius 2 is 1.93 bits per heavy atom. The molecule has 2 rings (SSSR count). The van der Waals surface area contributed by atoms with E-state index in [0.29, 0.717) is 47.8 Å². The van der Waals surface area contributed by atoms with Gasteiger partial charge >= 0.3 is 0 Å². The molecule has 2 aromatic rings. The van der Waals surface area contributed by atoms with Gasteiger partial charge in [-0.05, 0) is 59.6 Å². The maximum Gasteiger partial charge on any atom is 0.175 e. The van der Waals surface area contributed by atoms with E-state index in [1.807, 2.05) is 25.1 Å². The molecule has 0 fully saturated rings. The maximum absolute atomic E-state index is 9.35. The molecule has 8 heteroatoms. The Kier molecular flexibility index (Phi) is 10.8. The summed E-state index contributed by atoms with van der Waals surface area (Å²) < 4.78 is 12.5. The first-order valence-corrected chi connectivity index (χ1v) is 9.86. The van der Waals surface area contributed by atoms with Crippen LogP contribution in [0.3, 0.4) is 0 Å². The van der Waals surface area contributed by atoms with Crippen molar-refractivity contribution in [3.05, 3.63) is 56.0 Å². The summed E-state index contributed by atoms with van der Waals surface area (Å²) in [6.07, 6.45) is -0.392. The normalized spacial score (nSPS) is 11.6. The molecule has 1 atom stereocenters. The highest BCUT2D eigenvalue weighted by atomic mass is 79.9. The summed E-state index contributed by atoms with van der Waals surface area (Å²) in [7, 11) is 0. The third-order valence-corrected chi connectivity index (χ3v) is 4.70. The molecule has 150 valence electrons. The van der Waals surface area contributed by atoms with E-state index in [0.717, 1.165) is 15.6 Å². The van der Waals surface area contributed by atoms with Crippen LogP contribution >= 0.6 is 51.5 Å². The Bertz CT molecular complexity index is 744. The third-order valence-electron chi connectivity index (χ3n) is 3.53. The van der Waals surface area contributed by atoms with Crippen LogP contribution in [0.15, 0.2) is 34.8 Å². The number of hydrogen-bond donors (Lipinski definition) is 2. The minimum Gasteiger partial charge on any atom is -0.490 e. The monoisotopic (exact) mass is 497 g/mol. The largest absolute Gasteiger partial charge is 0.490 e. The second-order valence-electron chi connectivity index (χ2n) is 5.84. The predicted octanol–water partition coefficient (Wildman–Crippen LogP) is 5.63. The lowest BCUT2D eigenvalue weighted by Crippen LogP contribution is -2.23. The zero-order chi connectivity index (χ0) is 19.1. The first-order valence-electron chi connectivity index (χ1n) is 8.31. The lowest BCUT2D eigenvalue weighted by molar-refractivity contribution is 0.191. The fraction of sp³-hybridized carbons (Fsp3) is 0.368. The van der Waals surface area contributed by atoms with Crippen LogP contribution < -0.4 is 14.8 Å². The van der Waals surface area contributed by atoms with Crippen molar-refractivity contribution in [1.82, 2.24) is 5.32 Å². The number of rotatable bonds is 9. The Morgan fingerprint density at radius 3 is 2.56 bits per heavy atom. The van der Waals surface area contributed by atoms with E-state index < -0.39 is 6.10 Å². The zero-order valence-electron chi connectivity index (χ0n) is 15.1. The average molecular weight is 500 g/mol. The molecule has 4 nitrogen and oxygen atoms in total. The SMILES string of the molecule is CCOc1cc(CNCC(C)O)cc(Br)c1OCc1ccc(Cl)cc1Cl.Cl. The summed E-state index contributed by atoms with van der Waals surface area (Å²) >= 11 is 15.7. The number of hydrogen-bond acceptors (Lipinski definition) is 4. The summed E-state index contributed by atoms with van der Waals surface area (Å²) in [6, 6.07) is 9.21. The van der Waals surface area contributed by atoms with Crippen molar-refractivity contribution in [3.8, 4) is 11.5 Å². The van der Waals surface area contributed by atoms with Gasteiger partial charge in [0.05, 0.1) is 17.2 Å². The minimum absolute atomic E-state index is 0. The lowest BCUT2D eigenvalue weighted by Gasteiger charge is -2.16. The van der Waals surface area contributed by atoms with E-state index in [9.17, 15) is 5.11 Å². The number of benzene rings is 2. The van der Waals surface area contributed by atoms with Crippen molar-refractivity contribution in [2.45, 2.75) is 33.1 Å². The molecule has 0 amide bonds. The van der Waals surface area contributed by atoms with E-state index in [-0.39, 0.29) is 12.4 Å². The Labute approximate surface area is 184 Å². The van der Waals surface area contributed by atoms with E-state index in [1.165, 1.54) is 0 Å². The maximum atomic E-state index is 9.35. The lowest BCUT2D eigenvalue weighted by atomic mass is 10.2. The van der Waals surface area contributed by atoms with Crippen LogP contribution in [-0.4, -0.2) is 24.4 Å². The van der Waals surface area contributed by atoms with Crippen molar-refractivity contribution < 1.29 is 14.6 Å². The molecule has 0 aliphatic heterocycles. The van der Waals surface area contributed by atoms with Gasteiger partial charge in [0.2, 0.25) is 0 Å². The molecular formula is C19H23BrCl3NO3. The molecule has 0 spiro atoms. The van der Waals surface area contributed by atoms with Crippen LogP contribution in [0.25, 0.3) is 0 Å². The molecule has 0 aliphatic rings. The van der Waals surface area contributed by atoms with Crippen molar-refractivity contribution in [2.24, 2.45) is 0 Å². The van der Waals surface area contributed by atoms with Gasteiger partial charge in [0.25, 0.3) is 0 Å². The van der Waals surface area contributed by atoms with Gasteiger partial charge in [0, 0.05) is 28.7 Å². The number of aliphatic hydroxyl groups is 1. The van der Waals surface area contributed by atoms with Gasteiger partial charge in [-0.1, -0.05) is 29.3 Å². The highest BCUT2D eigenvalue weighted by molar-refractivity contribution is 9.10. The predicted molar refractivity (Wildman–Crippen MR) is 117 cm³/mol. The van der Waals surface area contributed by atoms with Crippen LogP contribution in [-0.2, 0) is 13.2 Å². The quantitative estimate of drug-likeness (QED) is 0.470. The molecular weight excluding hydrogens is 476 g/mol. The molecule has 1 unspecified atom stereocenters. The summed E-state index contributed by atoms with van der Waals surface area (Å²) in [6.45, 7) is 5.63. The van der Waals surface area contributed by atoms with Gasteiger partial charge in [-0.2, -0.15) is 0 Å². The molecule has 0 heterocycles. The molecule has 2 aromatic carbocycles. The topological polar surface area (TPSA) is 50.7 Å². The zero-order valence-corrected chi connectivity index (χ0v) is 19.0. The standard InChI is InChI=1S/C19H22BrCl2NO3.ClH/c1-3-25-18-7-13(10-23-9-12(2)24)6-16(20)19(18)26-11-14-4-5-15(21)8-17(14)22;/h4-8,12,23-24H,3,9-11H2,1-2H3;1H. The molecule has 0 saturated carbocycles. The van der Waals surface area contributed by atoms with E-state index in [2.05, 4.69) is 21.2 Å². The molecule has 27 heavy (non-hydrogen) atoms. The first-order chi connectivity index (χ1) is 12.4. The smallest absolute Gasteiger partial charge is 0.175 e. The van der Waals surface area contributed by atoms with Crippen LogP contribution in [0.1, 0.15) is 25.0 Å². The third kappa shape index (κ3) is 7.68. The van der Waals surface area contributed by atoms with Gasteiger partial charge in [-0.15, -0.1) is 12.4 Å². The highest BCUT2D eigenvalue weighted by Crippen LogP contribution is 2.38. The van der Waals surface area contributed by atoms with Crippen LogP contribution in [0.5, 0.6) is 11.5 Å².